The topological polar surface area (TPSA) is 114 Å². The molecule has 0 aliphatic carbocycles. The van der Waals surface area contributed by atoms with Gasteiger partial charge < -0.3 is 9.53 Å². The molecule has 3 atom stereocenters. The molecule has 1 unspecified atom stereocenters. The van der Waals surface area contributed by atoms with Crippen molar-refractivity contribution in [1.82, 2.24) is 15.9 Å². The van der Waals surface area contributed by atoms with Gasteiger partial charge in [0.25, 0.3) is 0 Å². The van der Waals surface area contributed by atoms with Gasteiger partial charge in [-0.1, -0.05) is 70.2 Å². The van der Waals surface area contributed by atoms with Crippen molar-refractivity contribution in [2.45, 2.75) is 85.9 Å². The Balaban J connectivity index is 2.27. The fourth-order valence-electron chi connectivity index (χ4n) is 4.54. The Labute approximate surface area is 239 Å². The fourth-order valence-corrected chi connectivity index (χ4v) is 4.54. The quantitative estimate of drug-likeness (QED) is 0.299. The molecule has 1 aromatic rings. The van der Waals surface area contributed by atoms with Gasteiger partial charge in [0.1, 0.15) is 5.78 Å². The van der Waals surface area contributed by atoms with Crippen LogP contribution in [0.3, 0.4) is 0 Å². The lowest BCUT2D eigenvalue weighted by Gasteiger charge is -2.31. The minimum Gasteiger partial charge on any atom is -0.350 e. The van der Waals surface area contributed by atoms with Gasteiger partial charge in [0.2, 0.25) is 17.7 Å². The molecular formula is C31H47N3O6. The van der Waals surface area contributed by atoms with E-state index in [1.54, 1.807) is 0 Å². The van der Waals surface area contributed by atoms with Gasteiger partial charge in [0, 0.05) is 32.4 Å². The van der Waals surface area contributed by atoms with Gasteiger partial charge in [-0.05, 0) is 50.0 Å². The highest BCUT2D eigenvalue weighted by Gasteiger charge is 2.35. The van der Waals surface area contributed by atoms with Crippen molar-refractivity contribution in [3.8, 4) is 0 Å². The number of rotatable bonds is 15. The highest BCUT2D eigenvalue weighted by atomic mass is 16.8. The summed E-state index contributed by atoms with van der Waals surface area (Å²) in [5.74, 6) is -2.53. The molecule has 0 spiro atoms. The molecule has 222 valence electrons. The van der Waals surface area contributed by atoms with E-state index in [0.29, 0.717) is 32.4 Å². The average molecular weight is 558 g/mol. The lowest BCUT2D eigenvalue weighted by molar-refractivity contribution is -0.203. The molecule has 1 aliphatic rings. The van der Waals surface area contributed by atoms with Crippen LogP contribution in [0.15, 0.2) is 36.4 Å². The molecule has 1 fully saturated rings. The van der Waals surface area contributed by atoms with E-state index in [1.165, 1.54) is 11.9 Å². The number of hydrogen-bond donors (Lipinski definition) is 2. The number of benzene rings is 1. The third-order valence-electron chi connectivity index (χ3n) is 6.60. The molecule has 2 N–H and O–H groups in total. The molecule has 1 aliphatic heterocycles. The van der Waals surface area contributed by atoms with Crippen LogP contribution in [0.5, 0.6) is 0 Å². The van der Waals surface area contributed by atoms with E-state index < -0.39 is 29.9 Å². The summed E-state index contributed by atoms with van der Waals surface area (Å²) in [5, 5.41) is 1.30. The van der Waals surface area contributed by atoms with Crippen LogP contribution in [0, 0.1) is 23.7 Å². The van der Waals surface area contributed by atoms with Crippen molar-refractivity contribution in [1.29, 1.82) is 0 Å². The molecule has 0 aromatic heterocycles. The van der Waals surface area contributed by atoms with Crippen LogP contribution in [-0.4, -0.2) is 48.0 Å². The lowest BCUT2D eigenvalue weighted by Crippen LogP contribution is -2.52. The molecule has 0 saturated carbocycles. The smallest absolute Gasteiger partial charge is 0.247 e. The van der Waals surface area contributed by atoms with Crippen LogP contribution in [0.25, 0.3) is 6.08 Å². The maximum absolute atomic E-state index is 13.8. The number of amides is 3. The van der Waals surface area contributed by atoms with Crippen LogP contribution in [0.4, 0.5) is 0 Å². The van der Waals surface area contributed by atoms with Crippen molar-refractivity contribution in [3.05, 3.63) is 42.0 Å². The SMILES string of the molecule is CC(=O)CCC(=O)N(CC(C)C)NC(=O)C(CC(C)C)[C@@H](CC=Cc1ccccc1)C(=O)NO[C@H]1CCCCO1. The number of carbonyl (C=O) groups is 4. The molecule has 9 nitrogen and oxygen atoms in total. The second-order valence-corrected chi connectivity index (χ2v) is 11.3. The van der Waals surface area contributed by atoms with Crippen LogP contribution >= 0.6 is 0 Å². The molecule has 9 heteroatoms. The van der Waals surface area contributed by atoms with Crippen molar-refractivity contribution in [2.75, 3.05) is 13.2 Å². The number of ketones is 1. The Kier molecular flexibility index (Phi) is 14.6. The monoisotopic (exact) mass is 557 g/mol. The number of allylic oxidation sites excluding steroid dienone is 1. The average Bonchev–Trinajstić information content (AvgIpc) is 2.92. The van der Waals surface area contributed by atoms with E-state index >= 15 is 0 Å². The summed E-state index contributed by atoms with van der Waals surface area (Å²) < 4.78 is 5.58. The predicted molar refractivity (Wildman–Crippen MR) is 154 cm³/mol. The summed E-state index contributed by atoms with van der Waals surface area (Å²) in [5.41, 5.74) is 6.33. The number of hydroxylamine groups is 1. The van der Waals surface area contributed by atoms with E-state index in [1.807, 2.05) is 70.2 Å². The number of ether oxygens (including phenoxy) is 1. The first-order valence-corrected chi connectivity index (χ1v) is 14.5. The Morgan fingerprint density at radius 2 is 1.73 bits per heavy atom. The van der Waals surface area contributed by atoms with E-state index in [-0.39, 0.29) is 36.4 Å². The number of nitrogens with zero attached hydrogens (tertiary/aromatic N) is 1. The summed E-state index contributed by atoms with van der Waals surface area (Å²) >= 11 is 0. The zero-order chi connectivity index (χ0) is 29.5. The Morgan fingerprint density at radius 1 is 1.00 bits per heavy atom. The summed E-state index contributed by atoms with van der Waals surface area (Å²) in [7, 11) is 0. The minimum atomic E-state index is -0.751. The standard InChI is InChI=1S/C31H47N3O6/c1-22(2)20-27(30(37)32-34(21-23(3)4)28(36)18-17-24(5)35)26(15-11-14-25-12-7-6-8-13-25)31(38)33-40-29-16-9-10-19-39-29/h6-8,11-14,22-23,26-27,29H,9-10,15-21H2,1-5H3,(H,32,37)(H,33,38)/t26-,27?,29+/m1/s1. The van der Waals surface area contributed by atoms with E-state index in [0.717, 1.165) is 18.4 Å². The van der Waals surface area contributed by atoms with E-state index in [4.69, 9.17) is 9.57 Å². The van der Waals surface area contributed by atoms with Crippen LogP contribution in [0.1, 0.15) is 85.1 Å². The Morgan fingerprint density at radius 3 is 2.33 bits per heavy atom. The van der Waals surface area contributed by atoms with Gasteiger partial charge in [0.05, 0.1) is 11.8 Å². The van der Waals surface area contributed by atoms with Crippen molar-refractivity contribution in [2.24, 2.45) is 23.7 Å². The van der Waals surface area contributed by atoms with Gasteiger partial charge in [-0.15, -0.1) is 0 Å². The zero-order valence-electron chi connectivity index (χ0n) is 24.7. The van der Waals surface area contributed by atoms with Crippen molar-refractivity contribution < 1.29 is 28.8 Å². The van der Waals surface area contributed by atoms with E-state index in [2.05, 4.69) is 10.9 Å². The third-order valence-corrected chi connectivity index (χ3v) is 6.60. The highest BCUT2D eigenvalue weighted by Crippen LogP contribution is 2.26. The number of hydrogen-bond acceptors (Lipinski definition) is 6. The molecule has 1 heterocycles. The predicted octanol–water partition coefficient (Wildman–Crippen LogP) is 4.83. The van der Waals surface area contributed by atoms with Crippen LogP contribution in [0.2, 0.25) is 0 Å². The molecule has 1 aromatic carbocycles. The molecule has 0 bridgehead atoms. The van der Waals surface area contributed by atoms with Gasteiger partial charge in [-0.3, -0.25) is 24.8 Å². The molecule has 3 amide bonds. The normalized spacial score (nSPS) is 17.0. The maximum Gasteiger partial charge on any atom is 0.247 e. The molecular weight excluding hydrogens is 510 g/mol. The van der Waals surface area contributed by atoms with E-state index in [9.17, 15) is 19.2 Å². The van der Waals surface area contributed by atoms with Crippen molar-refractivity contribution in [3.63, 3.8) is 0 Å². The Bertz CT molecular complexity index is 973. The minimum absolute atomic E-state index is 0.0101. The summed E-state index contributed by atoms with van der Waals surface area (Å²) in [6, 6.07) is 9.72. The van der Waals surface area contributed by atoms with Crippen molar-refractivity contribution >= 4 is 29.6 Å². The molecule has 2 rings (SSSR count). The summed E-state index contributed by atoms with van der Waals surface area (Å²) in [6.45, 7) is 10.2. The van der Waals surface area contributed by atoms with Gasteiger partial charge in [-0.25, -0.2) is 10.3 Å². The second kappa shape index (κ2) is 17.6. The summed E-state index contributed by atoms with van der Waals surface area (Å²) in [6.07, 6.45) is 6.72. The zero-order valence-corrected chi connectivity index (χ0v) is 24.7. The number of carbonyl (C=O) groups excluding carboxylic acids is 4. The first-order chi connectivity index (χ1) is 19.1. The molecule has 1 saturated heterocycles. The largest absolute Gasteiger partial charge is 0.350 e. The molecule has 0 radical (unpaired) electrons. The van der Waals surface area contributed by atoms with Gasteiger partial charge in [-0.2, -0.15) is 0 Å². The number of Topliss-reactive ketones (excluding diaryl/α,β-unsaturated/α-hetero) is 1. The second-order valence-electron chi connectivity index (χ2n) is 11.3. The van der Waals surface area contributed by atoms with Crippen LogP contribution < -0.4 is 10.9 Å². The van der Waals surface area contributed by atoms with Gasteiger partial charge in [0.15, 0.2) is 6.29 Å². The number of nitrogens with one attached hydrogen (secondary N) is 2. The first kappa shape index (κ1) is 33.2. The first-order valence-electron chi connectivity index (χ1n) is 14.5. The van der Waals surface area contributed by atoms with Crippen LogP contribution in [-0.2, 0) is 28.8 Å². The maximum atomic E-state index is 13.8. The van der Waals surface area contributed by atoms with Gasteiger partial charge >= 0.3 is 0 Å². The lowest BCUT2D eigenvalue weighted by atomic mass is 9.82. The fraction of sp³-hybridized carbons (Fsp3) is 0.613. The highest BCUT2D eigenvalue weighted by molar-refractivity contribution is 5.89. The third kappa shape index (κ3) is 12.4. The number of hydrazine groups is 1. The molecule has 40 heavy (non-hydrogen) atoms. The Hall–Kier alpha value is -3.04. The summed E-state index contributed by atoms with van der Waals surface area (Å²) in [4.78, 5) is 57.2.